The summed E-state index contributed by atoms with van der Waals surface area (Å²) < 4.78 is 15.9. The monoisotopic (exact) mass is 468 g/mol. The second-order valence-electron chi connectivity index (χ2n) is 10.3. The largest absolute Gasteiger partial charge is 0.509 e. The van der Waals surface area contributed by atoms with Gasteiger partial charge in [0.25, 0.3) is 0 Å². The summed E-state index contributed by atoms with van der Waals surface area (Å²) in [5, 5.41) is 8.97. The highest BCUT2D eigenvalue weighted by Crippen LogP contribution is 2.68. The second kappa shape index (κ2) is 8.64. The Morgan fingerprint density at radius 1 is 1.09 bits per heavy atom. The summed E-state index contributed by atoms with van der Waals surface area (Å²) in [6.07, 6.45) is 6.96. The fourth-order valence-corrected chi connectivity index (χ4v) is 7.67. The quantitative estimate of drug-likeness (QED) is 0.478. The first-order chi connectivity index (χ1) is 15.2. The number of hydrogen-bond acceptors (Lipinski definition) is 7. The van der Waals surface area contributed by atoms with Gasteiger partial charge in [-0.25, -0.2) is 9.59 Å². The van der Waals surface area contributed by atoms with Crippen LogP contribution >= 0.6 is 11.6 Å². The Morgan fingerprint density at radius 3 is 2.56 bits per heavy atom. The van der Waals surface area contributed by atoms with Crippen molar-refractivity contribution in [2.45, 2.75) is 70.8 Å². The van der Waals surface area contributed by atoms with E-state index in [1.807, 2.05) is 13.0 Å². The van der Waals surface area contributed by atoms with Crippen molar-refractivity contribution in [3.8, 4) is 0 Å². The molecular weight excluding hydrogens is 436 g/mol. The summed E-state index contributed by atoms with van der Waals surface area (Å²) in [6.45, 7) is 3.82. The minimum Gasteiger partial charge on any atom is -0.446 e. The van der Waals surface area contributed by atoms with E-state index >= 15 is 0 Å². The van der Waals surface area contributed by atoms with E-state index in [1.165, 1.54) is 5.57 Å². The number of aliphatic hydroxyl groups is 1. The van der Waals surface area contributed by atoms with Crippen LogP contribution in [0.15, 0.2) is 11.6 Å². The second-order valence-corrected chi connectivity index (χ2v) is 10.5. The number of halogens is 1. The lowest BCUT2D eigenvalue weighted by Crippen LogP contribution is -2.59. The van der Waals surface area contributed by atoms with Gasteiger partial charge in [0.1, 0.15) is 6.61 Å². The van der Waals surface area contributed by atoms with Crippen LogP contribution in [-0.4, -0.2) is 47.9 Å². The molecule has 0 bridgehead atoms. The topological polar surface area (TPSA) is 99.1 Å². The highest BCUT2D eigenvalue weighted by molar-refractivity contribution is 6.17. The van der Waals surface area contributed by atoms with Crippen molar-refractivity contribution < 1.29 is 33.7 Å². The van der Waals surface area contributed by atoms with E-state index in [4.69, 9.17) is 30.9 Å². The Kier molecular flexibility index (Phi) is 6.36. The summed E-state index contributed by atoms with van der Waals surface area (Å²) >= 11 is 5.71. The van der Waals surface area contributed by atoms with Crippen LogP contribution in [0.25, 0.3) is 0 Å². The molecule has 6 atom stereocenters. The van der Waals surface area contributed by atoms with Crippen molar-refractivity contribution >= 4 is 29.5 Å². The smallest absolute Gasteiger partial charge is 0.446 e. The van der Waals surface area contributed by atoms with Crippen molar-refractivity contribution in [2.75, 3.05) is 19.3 Å². The first-order valence-electron chi connectivity index (χ1n) is 11.7. The van der Waals surface area contributed by atoms with Gasteiger partial charge in [-0.1, -0.05) is 31.0 Å². The molecule has 3 fully saturated rings. The number of carbonyl (C=O) groups excluding carboxylic acids is 3. The number of esters is 1. The zero-order chi connectivity index (χ0) is 23.1. The van der Waals surface area contributed by atoms with E-state index in [2.05, 4.69) is 6.92 Å². The van der Waals surface area contributed by atoms with E-state index < -0.39 is 23.1 Å². The summed E-state index contributed by atoms with van der Waals surface area (Å²) in [7, 11) is 0. The van der Waals surface area contributed by atoms with Gasteiger partial charge in [0.15, 0.2) is 11.8 Å². The average Bonchev–Trinajstić information content (AvgIpc) is 3.06. The molecule has 4 aliphatic rings. The van der Waals surface area contributed by atoms with Crippen molar-refractivity contribution in [1.82, 2.24) is 0 Å². The zero-order valence-electron chi connectivity index (χ0n) is 18.9. The van der Waals surface area contributed by atoms with Gasteiger partial charge in [-0.2, -0.15) is 0 Å². The lowest BCUT2D eigenvalue weighted by atomic mass is 9.46. The molecule has 4 rings (SSSR count). The van der Waals surface area contributed by atoms with Gasteiger partial charge in [-0.15, -0.1) is 0 Å². The molecule has 0 saturated heterocycles. The molecule has 4 aliphatic carbocycles. The van der Waals surface area contributed by atoms with Crippen molar-refractivity contribution in [1.29, 1.82) is 0 Å². The van der Waals surface area contributed by atoms with Crippen molar-refractivity contribution in [3.63, 3.8) is 0 Å². The van der Waals surface area contributed by atoms with Gasteiger partial charge in [0.2, 0.25) is 5.60 Å². The van der Waals surface area contributed by atoms with Crippen LogP contribution in [0, 0.1) is 28.6 Å². The molecule has 32 heavy (non-hydrogen) atoms. The molecule has 0 unspecified atom stereocenters. The number of aliphatic hydroxyl groups excluding tert-OH is 1. The SMILES string of the molecule is C[C@]12CCC(=O)C=C1CC[C@@H]1[C@@H]2CC[C@@]2(C)[C@H]1CC[C@]2(OC(=O)OCCO)C(=O)OCCl. The number of allylic oxidation sites excluding steroid dienone is 1. The highest BCUT2D eigenvalue weighted by Gasteiger charge is 2.70. The van der Waals surface area contributed by atoms with Gasteiger partial charge in [0.05, 0.1) is 6.61 Å². The van der Waals surface area contributed by atoms with Crippen LogP contribution in [0.3, 0.4) is 0 Å². The van der Waals surface area contributed by atoms with Crippen LogP contribution in [0.5, 0.6) is 0 Å². The van der Waals surface area contributed by atoms with Gasteiger partial charge in [-0.05, 0) is 74.2 Å². The number of carbonyl (C=O) groups is 3. The van der Waals surface area contributed by atoms with Gasteiger partial charge in [0, 0.05) is 11.8 Å². The lowest BCUT2D eigenvalue weighted by Gasteiger charge is -2.58. The molecule has 0 heterocycles. The molecule has 0 aromatic rings. The molecular formula is C24H33ClO7. The maximum atomic E-state index is 13.2. The number of rotatable bonds is 5. The normalized spacial score (nSPS) is 40.4. The Hall–Kier alpha value is -1.60. The van der Waals surface area contributed by atoms with E-state index in [0.29, 0.717) is 31.1 Å². The minimum atomic E-state index is -1.45. The average molecular weight is 469 g/mol. The van der Waals surface area contributed by atoms with Crippen LogP contribution in [0.1, 0.15) is 65.2 Å². The highest BCUT2D eigenvalue weighted by atomic mass is 35.5. The number of hydrogen-bond donors (Lipinski definition) is 1. The number of fused-ring (bicyclic) bond motifs is 5. The molecule has 8 heteroatoms. The van der Waals surface area contributed by atoms with Crippen LogP contribution < -0.4 is 0 Å². The molecule has 178 valence electrons. The predicted octanol–water partition coefficient (Wildman–Crippen LogP) is 4.14. The van der Waals surface area contributed by atoms with Crippen LogP contribution in [0.4, 0.5) is 4.79 Å². The van der Waals surface area contributed by atoms with E-state index in [0.717, 1.165) is 32.1 Å². The Bertz CT molecular complexity index is 825. The first kappa shape index (κ1) is 23.6. The maximum Gasteiger partial charge on any atom is 0.509 e. The van der Waals surface area contributed by atoms with Crippen LogP contribution in [0.2, 0.25) is 0 Å². The van der Waals surface area contributed by atoms with E-state index in [9.17, 15) is 14.4 Å². The summed E-state index contributed by atoms with van der Waals surface area (Å²) in [4.78, 5) is 37.6. The standard InChI is InChI=1S/C24H33ClO7/c1-22-8-5-16(27)13-15(22)3-4-17-18(22)6-9-23(2)19(17)7-10-24(23,20(28)31-14-25)32-21(29)30-12-11-26/h13,17-19,26H,3-12,14H2,1-2H3/t17-,18+,19+,22+,23+,24+/m1/s1. The van der Waals surface area contributed by atoms with Gasteiger partial charge < -0.3 is 19.3 Å². The molecule has 1 N–H and O–H groups in total. The van der Waals surface area contributed by atoms with Gasteiger partial charge >= 0.3 is 12.1 Å². The molecule has 0 aliphatic heterocycles. The molecule has 0 radical (unpaired) electrons. The Balaban J connectivity index is 1.65. The fraction of sp³-hybridized carbons (Fsp3) is 0.792. The Labute approximate surface area is 193 Å². The fourth-order valence-electron chi connectivity index (χ4n) is 7.57. The third kappa shape index (κ3) is 3.47. The molecule has 0 aromatic carbocycles. The predicted molar refractivity (Wildman–Crippen MR) is 116 cm³/mol. The molecule has 0 spiro atoms. The zero-order valence-corrected chi connectivity index (χ0v) is 19.6. The van der Waals surface area contributed by atoms with Gasteiger partial charge in [-0.3, -0.25) is 4.79 Å². The third-order valence-electron chi connectivity index (χ3n) is 9.17. The molecule has 0 aromatic heterocycles. The minimum absolute atomic E-state index is 0.0148. The Morgan fingerprint density at radius 2 is 1.84 bits per heavy atom. The molecule has 7 nitrogen and oxygen atoms in total. The summed E-state index contributed by atoms with van der Waals surface area (Å²) in [5.74, 6) is 0.616. The first-order valence-corrected chi connectivity index (χ1v) is 12.2. The molecule has 3 saturated carbocycles. The molecule has 0 amide bonds. The number of alkyl halides is 1. The lowest BCUT2D eigenvalue weighted by molar-refractivity contribution is -0.190. The number of ether oxygens (including phenoxy) is 3. The van der Waals surface area contributed by atoms with E-state index in [-0.39, 0.29) is 36.4 Å². The number of ketones is 1. The third-order valence-corrected chi connectivity index (χ3v) is 9.27. The van der Waals surface area contributed by atoms with Crippen molar-refractivity contribution in [3.05, 3.63) is 11.6 Å². The maximum absolute atomic E-state index is 13.2. The summed E-state index contributed by atoms with van der Waals surface area (Å²) in [6, 6.07) is -0.317. The summed E-state index contributed by atoms with van der Waals surface area (Å²) in [5.41, 5.74) is -0.754. The van der Waals surface area contributed by atoms with Crippen LogP contribution in [-0.2, 0) is 23.8 Å². The van der Waals surface area contributed by atoms with E-state index in [1.54, 1.807) is 0 Å². The van der Waals surface area contributed by atoms with Crippen molar-refractivity contribution in [2.24, 2.45) is 28.6 Å².